The van der Waals surface area contributed by atoms with Gasteiger partial charge in [-0.3, -0.25) is 4.57 Å². The quantitative estimate of drug-likeness (QED) is 0.846. The smallest absolute Gasteiger partial charge is 0.279 e. The summed E-state index contributed by atoms with van der Waals surface area (Å²) >= 11 is 6.13. The monoisotopic (exact) mass is 277 g/mol. The van der Waals surface area contributed by atoms with Crippen LogP contribution < -0.4 is 5.69 Å². The molecule has 0 saturated carbocycles. The molecule has 0 fully saturated rings. The van der Waals surface area contributed by atoms with Crippen LogP contribution in [0.4, 0.5) is 0 Å². The van der Waals surface area contributed by atoms with Gasteiger partial charge in [0.1, 0.15) is 5.82 Å². The molecule has 1 aliphatic heterocycles. The normalized spacial score (nSPS) is 15.0. The summed E-state index contributed by atoms with van der Waals surface area (Å²) in [5.41, 5.74) is 0.913. The largest absolute Gasteiger partial charge is 0.346 e. The lowest BCUT2D eigenvalue weighted by Crippen LogP contribution is -2.25. The molecular weight excluding hydrogens is 262 g/mol. The van der Waals surface area contributed by atoms with Gasteiger partial charge in [-0.15, -0.1) is 0 Å². The van der Waals surface area contributed by atoms with Crippen LogP contribution >= 0.6 is 11.6 Å². The first-order chi connectivity index (χ1) is 9.25. The van der Waals surface area contributed by atoms with Gasteiger partial charge in [0, 0.05) is 18.0 Å². The van der Waals surface area contributed by atoms with E-state index in [4.69, 9.17) is 11.6 Å². The zero-order valence-corrected chi connectivity index (χ0v) is 11.4. The first kappa shape index (κ1) is 12.5. The van der Waals surface area contributed by atoms with Crippen molar-refractivity contribution in [2.24, 2.45) is 0 Å². The number of halogens is 1. The summed E-state index contributed by atoms with van der Waals surface area (Å²) in [7, 11) is 0. The maximum Gasteiger partial charge on any atom is 0.346 e. The number of fused-ring (bicyclic) bond motifs is 1. The summed E-state index contributed by atoms with van der Waals surface area (Å²) in [6, 6.07) is 7.58. The van der Waals surface area contributed by atoms with Crippen LogP contribution in [0.2, 0.25) is 5.02 Å². The third kappa shape index (κ3) is 2.45. The van der Waals surface area contributed by atoms with Crippen molar-refractivity contribution in [3.8, 4) is 0 Å². The SMILES string of the molecule is O=c1n(Cc2ccccc2Cl)nc2n1CCCCC2. The second kappa shape index (κ2) is 5.21. The van der Waals surface area contributed by atoms with Gasteiger partial charge in [-0.25, -0.2) is 9.48 Å². The summed E-state index contributed by atoms with van der Waals surface area (Å²) in [6.07, 6.45) is 4.24. The van der Waals surface area contributed by atoms with Gasteiger partial charge in [-0.1, -0.05) is 36.2 Å². The molecule has 2 heterocycles. The average molecular weight is 278 g/mol. The van der Waals surface area contributed by atoms with E-state index in [1.54, 1.807) is 0 Å². The van der Waals surface area contributed by atoms with Gasteiger partial charge in [-0.2, -0.15) is 5.10 Å². The van der Waals surface area contributed by atoms with Crippen LogP contribution in [0.25, 0.3) is 0 Å². The average Bonchev–Trinajstić information content (AvgIpc) is 2.60. The Morgan fingerprint density at radius 3 is 2.89 bits per heavy atom. The summed E-state index contributed by atoms with van der Waals surface area (Å²) < 4.78 is 3.34. The predicted octanol–water partition coefficient (Wildman–Crippen LogP) is 2.47. The number of nitrogens with zero attached hydrogens (tertiary/aromatic N) is 3. The van der Waals surface area contributed by atoms with Gasteiger partial charge in [0.05, 0.1) is 6.54 Å². The fourth-order valence-electron chi connectivity index (χ4n) is 2.52. The minimum atomic E-state index is -0.0168. The molecule has 4 nitrogen and oxygen atoms in total. The molecule has 0 N–H and O–H groups in total. The number of benzene rings is 1. The number of aromatic nitrogens is 3. The Labute approximate surface area is 116 Å². The summed E-state index contributed by atoms with van der Waals surface area (Å²) in [4.78, 5) is 12.3. The van der Waals surface area contributed by atoms with Crippen molar-refractivity contribution in [3.63, 3.8) is 0 Å². The van der Waals surface area contributed by atoms with E-state index in [2.05, 4.69) is 5.10 Å². The lowest BCUT2D eigenvalue weighted by molar-refractivity contribution is 0.584. The van der Waals surface area contributed by atoms with Crippen LogP contribution in [-0.4, -0.2) is 14.3 Å². The molecule has 19 heavy (non-hydrogen) atoms. The van der Waals surface area contributed by atoms with Crippen molar-refractivity contribution in [3.05, 3.63) is 51.2 Å². The van der Waals surface area contributed by atoms with Crippen molar-refractivity contribution >= 4 is 11.6 Å². The topological polar surface area (TPSA) is 39.8 Å². The van der Waals surface area contributed by atoms with Crippen LogP contribution in [0.3, 0.4) is 0 Å². The predicted molar refractivity (Wildman–Crippen MR) is 74.6 cm³/mol. The van der Waals surface area contributed by atoms with E-state index in [0.717, 1.165) is 37.2 Å². The molecule has 1 aliphatic rings. The van der Waals surface area contributed by atoms with Crippen molar-refractivity contribution < 1.29 is 0 Å². The van der Waals surface area contributed by atoms with Crippen LogP contribution in [0.15, 0.2) is 29.1 Å². The molecular formula is C14H16ClN3O. The van der Waals surface area contributed by atoms with E-state index in [1.165, 1.54) is 11.1 Å². The highest BCUT2D eigenvalue weighted by molar-refractivity contribution is 6.31. The zero-order valence-electron chi connectivity index (χ0n) is 10.7. The summed E-state index contributed by atoms with van der Waals surface area (Å²) in [6.45, 7) is 1.23. The highest BCUT2D eigenvalue weighted by Crippen LogP contribution is 2.16. The number of aryl methyl sites for hydroxylation is 1. The Bertz CT molecular complexity index is 644. The van der Waals surface area contributed by atoms with E-state index < -0.39 is 0 Å². The van der Waals surface area contributed by atoms with Crippen molar-refractivity contribution in [1.82, 2.24) is 14.3 Å². The second-order valence-electron chi connectivity index (χ2n) is 4.91. The molecule has 0 unspecified atom stereocenters. The van der Waals surface area contributed by atoms with Gasteiger partial charge in [-0.05, 0) is 24.5 Å². The molecule has 2 aromatic rings. The van der Waals surface area contributed by atoms with Crippen LogP contribution in [0.1, 0.15) is 30.7 Å². The van der Waals surface area contributed by atoms with E-state index in [9.17, 15) is 4.79 Å². The molecule has 0 amide bonds. The molecule has 0 aliphatic carbocycles. The lowest BCUT2D eigenvalue weighted by Gasteiger charge is -2.03. The minimum Gasteiger partial charge on any atom is -0.279 e. The Hall–Kier alpha value is -1.55. The maximum absolute atomic E-state index is 12.3. The fraction of sp³-hybridized carbons (Fsp3) is 0.429. The molecule has 0 atom stereocenters. The Morgan fingerprint density at radius 1 is 1.21 bits per heavy atom. The number of rotatable bonds is 2. The van der Waals surface area contributed by atoms with Crippen molar-refractivity contribution in [1.29, 1.82) is 0 Å². The molecule has 100 valence electrons. The van der Waals surface area contributed by atoms with Crippen LogP contribution in [0, 0.1) is 0 Å². The Morgan fingerprint density at radius 2 is 2.05 bits per heavy atom. The fourth-order valence-corrected chi connectivity index (χ4v) is 2.71. The highest BCUT2D eigenvalue weighted by atomic mass is 35.5. The highest BCUT2D eigenvalue weighted by Gasteiger charge is 2.16. The lowest BCUT2D eigenvalue weighted by atomic mass is 10.2. The molecule has 0 spiro atoms. The first-order valence-corrected chi connectivity index (χ1v) is 7.03. The van der Waals surface area contributed by atoms with E-state index in [0.29, 0.717) is 11.6 Å². The zero-order chi connectivity index (χ0) is 13.2. The molecule has 5 heteroatoms. The molecule has 0 radical (unpaired) electrons. The van der Waals surface area contributed by atoms with Crippen molar-refractivity contribution in [2.75, 3.05) is 0 Å². The number of hydrogen-bond donors (Lipinski definition) is 0. The Kier molecular flexibility index (Phi) is 3.42. The third-order valence-electron chi connectivity index (χ3n) is 3.56. The van der Waals surface area contributed by atoms with E-state index in [1.807, 2.05) is 28.8 Å². The second-order valence-corrected chi connectivity index (χ2v) is 5.32. The van der Waals surface area contributed by atoms with Crippen LogP contribution in [0.5, 0.6) is 0 Å². The van der Waals surface area contributed by atoms with Gasteiger partial charge >= 0.3 is 5.69 Å². The van der Waals surface area contributed by atoms with Crippen molar-refractivity contribution in [2.45, 2.75) is 38.8 Å². The van der Waals surface area contributed by atoms with E-state index >= 15 is 0 Å². The van der Waals surface area contributed by atoms with Crippen LogP contribution in [-0.2, 0) is 19.5 Å². The third-order valence-corrected chi connectivity index (χ3v) is 3.93. The minimum absolute atomic E-state index is 0.0168. The van der Waals surface area contributed by atoms with Gasteiger partial charge in [0.25, 0.3) is 0 Å². The maximum atomic E-state index is 12.3. The first-order valence-electron chi connectivity index (χ1n) is 6.65. The standard InChI is InChI=1S/C14H16ClN3O/c15-12-7-4-3-6-11(12)10-18-14(19)17-9-5-1-2-8-13(17)16-18/h3-4,6-7H,1-2,5,8-10H2. The molecule has 1 aromatic heterocycles. The van der Waals surface area contributed by atoms with Gasteiger partial charge in [0.15, 0.2) is 0 Å². The molecule has 3 rings (SSSR count). The summed E-state index contributed by atoms with van der Waals surface area (Å²) in [5.74, 6) is 0.912. The summed E-state index contributed by atoms with van der Waals surface area (Å²) in [5, 5.41) is 5.13. The number of hydrogen-bond acceptors (Lipinski definition) is 2. The molecule has 0 bridgehead atoms. The molecule has 1 aromatic carbocycles. The molecule has 0 saturated heterocycles. The Balaban J connectivity index is 1.94. The van der Waals surface area contributed by atoms with Gasteiger partial charge in [0.2, 0.25) is 0 Å². The van der Waals surface area contributed by atoms with E-state index in [-0.39, 0.29) is 5.69 Å². The van der Waals surface area contributed by atoms with Gasteiger partial charge < -0.3 is 0 Å².